The van der Waals surface area contributed by atoms with Gasteiger partial charge in [0.2, 0.25) is 5.91 Å². The lowest BCUT2D eigenvalue weighted by Gasteiger charge is -2.33. The first kappa shape index (κ1) is 24.3. The second kappa shape index (κ2) is 9.90. The molecule has 36 heavy (non-hydrogen) atoms. The highest BCUT2D eigenvalue weighted by molar-refractivity contribution is 7.20. The summed E-state index contributed by atoms with van der Waals surface area (Å²) in [5.41, 5.74) is 3.86. The number of aromatic nitrogens is 2. The smallest absolute Gasteiger partial charge is 0.338 e. The van der Waals surface area contributed by atoms with Gasteiger partial charge in [-0.2, -0.15) is 0 Å². The molecule has 0 spiro atoms. The third-order valence-electron chi connectivity index (χ3n) is 7.11. The fourth-order valence-corrected chi connectivity index (χ4v) is 6.32. The number of carboxylic acid groups (broad SMARTS) is 1. The van der Waals surface area contributed by atoms with Crippen molar-refractivity contribution in [1.29, 1.82) is 0 Å². The van der Waals surface area contributed by atoms with Gasteiger partial charge in [-0.25, -0.2) is 9.78 Å². The standard InChI is InChI=1S/C29H31N3O3S/c1-18(2)32(27(33)22-9-7-19(3)8-10-22)28-23(29(34)35)16-25(36-28)21-13-11-20(12-14-21)24-17-31-15-5-4-6-26(31)30-24/h4-6,11-19,22H,7-10H2,1-3H3,(H,34,35)/t19-,22-. The first-order chi connectivity index (χ1) is 17.3. The Kier molecular flexibility index (Phi) is 6.67. The molecule has 1 aliphatic carbocycles. The van der Waals surface area contributed by atoms with Crippen molar-refractivity contribution in [1.82, 2.24) is 9.38 Å². The van der Waals surface area contributed by atoms with E-state index in [0.717, 1.165) is 53.0 Å². The minimum Gasteiger partial charge on any atom is -0.478 e. The van der Waals surface area contributed by atoms with Gasteiger partial charge in [0.25, 0.3) is 0 Å². The van der Waals surface area contributed by atoms with Gasteiger partial charge in [0.15, 0.2) is 0 Å². The lowest BCUT2D eigenvalue weighted by atomic mass is 9.82. The van der Waals surface area contributed by atoms with Crippen LogP contribution >= 0.6 is 11.3 Å². The van der Waals surface area contributed by atoms with Gasteiger partial charge in [0.05, 0.1) is 11.3 Å². The van der Waals surface area contributed by atoms with Gasteiger partial charge >= 0.3 is 5.97 Å². The lowest BCUT2D eigenvalue weighted by molar-refractivity contribution is -0.123. The molecule has 1 N–H and O–H groups in total. The first-order valence-electron chi connectivity index (χ1n) is 12.6. The summed E-state index contributed by atoms with van der Waals surface area (Å²) in [5, 5.41) is 10.5. The third-order valence-corrected chi connectivity index (χ3v) is 8.29. The number of hydrogen-bond acceptors (Lipinski definition) is 4. The topological polar surface area (TPSA) is 74.9 Å². The van der Waals surface area contributed by atoms with E-state index in [-0.39, 0.29) is 23.4 Å². The molecule has 1 aliphatic rings. The van der Waals surface area contributed by atoms with Crippen LogP contribution < -0.4 is 4.90 Å². The van der Waals surface area contributed by atoms with E-state index < -0.39 is 5.97 Å². The molecule has 3 heterocycles. The summed E-state index contributed by atoms with van der Waals surface area (Å²) in [7, 11) is 0. The molecule has 1 amide bonds. The molecular formula is C29H31N3O3S. The molecule has 0 radical (unpaired) electrons. The van der Waals surface area contributed by atoms with E-state index in [9.17, 15) is 14.7 Å². The monoisotopic (exact) mass is 501 g/mol. The molecule has 1 saturated carbocycles. The lowest BCUT2D eigenvalue weighted by Crippen LogP contribution is -2.42. The Bertz CT molecular complexity index is 1360. The Morgan fingerprint density at radius 2 is 1.75 bits per heavy atom. The van der Waals surface area contributed by atoms with Gasteiger partial charge in [-0.1, -0.05) is 37.3 Å². The Morgan fingerprint density at radius 3 is 2.39 bits per heavy atom. The number of anilines is 1. The number of carbonyl (C=O) groups is 2. The molecule has 0 unspecified atom stereocenters. The maximum absolute atomic E-state index is 13.6. The predicted octanol–water partition coefficient (Wildman–Crippen LogP) is 7.00. The zero-order chi connectivity index (χ0) is 25.4. The van der Waals surface area contributed by atoms with Crippen molar-refractivity contribution in [2.75, 3.05) is 4.90 Å². The number of benzene rings is 1. The Hall–Kier alpha value is -3.45. The molecule has 1 fully saturated rings. The highest BCUT2D eigenvalue weighted by Crippen LogP contribution is 2.41. The highest BCUT2D eigenvalue weighted by atomic mass is 32.1. The summed E-state index contributed by atoms with van der Waals surface area (Å²) in [4.78, 5) is 33.0. The van der Waals surface area contributed by atoms with E-state index in [1.54, 1.807) is 11.0 Å². The van der Waals surface area contributed by atoms with Crippen LogP contribution in [0.1, 0.15) is 56.8 Å². The number of nitrogens with zero attached hydrogens (tertiary/aromatic N) is 3. The Labute approximate surface area is 215 Å². The molecular weight excluding hydrogens is 470 g/mol. The number of aromatic carboxylic acids is 1. The van der Waals surface area contributed by atoms with Gasteiger partial charge in [0.1, 0.15) is 10.6 Å². The summed E-state index contributed by atoms with van der Waals surface area (Å²) in [6.07, 6.45) is 7.79. The summed E-state index contributed by atoms with van der Waals surface area (Å²) in [6, 6.07) is 15.5. The summed E-state index contributed by atoms with van der Waals surface area (Å²) in [5.74, 6) is -0.354. The van der Waals surface area contributed by atoms with Crippen LogP contribution in [0.4, 0.5) is 5.00 Å². The van der Waals surface area contributed by atoms with Crippen molar-refractivity contribution in [3.8, 4) is 21.7 Å². The normalized spacial score (nSPS) is 18.0. The molecule has 0 saturated heterocycles. The molecule has 1 aromatic carbocycles. The van der Waals surface area contributed by atoms with Gasteiger partial charge in [0, 0.05) is 34.8 Å². The fourth-order valence-electron chi connectivity index (χ4n) is 5.03. The van der Waals surface area contributed by atoms with Crippen LogP contribution in [-0.2, 0) is 4.79 Å². The average molecular weight is 502 g/mol. The second-order valence-electron chi connectivity index (χ2n) is 10.1. The third kappa shape index (κ3) is 4.67. The zero-order valence-corrected chi connectivity index (χ0v) is 21.7. The number of pyridine rings is 1. The minimum absolute atomic E-state index is 0.0412. The van der Waals surface area contributed by atoms with E-state index in [1.807, 2.05) is 73.1 Å². The van der Waals surface area contributed by atoms with Crippen molar-refractivity contribution in [2.45, 2.75) is 52.5 Å². The van der Waals surface area contributed by atoms with Crippen LogP contribution in [0, 0.1) is 11.8 Å². The number of fused-ring (bicyclic) bond motifs is 1. The SMILES string of the molecule is CC(C)N(c1sc(-c2ccc(-c3cn4ccccc4n3)cc2)cc1C(=O)O)C(=O)[C@H]1CC[C@H](C)CC1. The van der Waals surface area contributed by atoms with E-state index in [0.29, 0.717) is 10.9 Å². The molecule has 7 heteroatoms. The fraction of sp³-hybridized carbons (Fsp3) is 0.345. The predicted molar refractivity (Wildman–Crippen MR) is 145 cm³/mol. The Morgan fingerprint density at radius 1 is 1.06 bits per heavy atom. The van der Waals surface area contributed by atoms with Gasteiger partial charge < -0.3 is 14.4 Å². The maximum Gasteiger partial charge on any atom is 0.338 e. The van der Waals surface area contributed by atoms with Crippen LogP contribution in [0.5, 0.6) is 0 Å². The van der Waals surface area contributed by atoms with Crippen LogP contribution in [0.15, 0.2) is 60.9 Å². The molecule has 3 aromatic heterocycles. The molecule has 4 aromatic rings. The van der Waals surface area contributed by atoms with Crippen LogP contribution in [0.25, 0.3) is 27.3 Å². The number of hydrogen-bond donors (Lipinski definition) is 1. The van der Waals surface area contributed by atoms with Gasteiger partial charge in [-0.05, 0) is 69.2 Å². The largest absolute Gasteiger partial charge is 0.478 e. The number of carboxylic acids is 1. The minimum atomic E-state index is -1.01. The van der Waals surface area contributed by atoms with Crippen molar-refractivity contribution in [2.24, 2.45) is 11.8 Å². The van der Waals surface area contributed by atoms with Gasteiger partial charge in [-0.3, -0.25) is 4.79 Å². The number of thiophene rings is 1. The summed E-state index contributed by atoms with van der Waals surface area (Å²) < 4.78 is 1.98. The van der Waals surface area contributed by atoms with Gasteiger partial charge in [-0.15, -0.1) is 11.3 Å². The molecule has 0 aliphatic heterocycles. The number of carbonyl (C=O) groups excluding carboxylic acids is 1. The maximum atomic E-state index is 13.6. The molecule has 0 atom stereocenters. The molecule has 186 valence electrons. The number of amides is 1. The molecule has 6 nitrogen and oxygen atoms in total. The first-order valence-corrected chi connectivity index (χ1v) is 13.4. The quantitative estimate of drug-likeness (QED) is 0.309. The number of rotatable bonds is 6. The zero-order valence-electron chi connectivity index (χ0n) is 20.8. The molecule has 5 rings (SSSR count). The van der Waals surface area contributed by atoms with Crippen molar-refractivity contribution < 1.29 is 14.7 Å². The van der Waals surface area contributed by atoms with Crippen LogP contribution in [0.2, 0.25) is 0 Å². The summed E-state index contributed by atoms with van der Waals surface area (Å²) >= 11 is 1.38. The average Bonchev–Trinajstić information content (AvgIpc) is 3.49. The van der Waals surface area contributed by atoms with E-state index >= 15 is 0 Å². The van der Waals surface area contributed by atoms with Crippen molar-refractivity contribution in [3.63, 3.8) is 0 Å². The number of imidazole rings is 1. The van der Waals surface area contributed by atoms with Crippen LogP contribution in [-0.4, -0.2) is 32.4 Å². The second-order valence-corrected chi connectivity index (χ2v) is 11.1. The Balaban J connectivity index is 1.46. The van der Waals surface area contributed by atoms with E-state index in [1.165, 1.54) is 11.3 Å². The summed E-state index contributed by atoms with van der Waals surface area (Å²) in [6.45, 7) is 6.14. The van der Waals surface area contributed by atoms with Crippen LogP contribution in [0.3, 0.4) is 0 Å². The van der Waals surface area contributed by atoms with Crippen molar-refractivity contribution in [3.05, 3.63) is 66.5 Å². The van der Waals surface area contributed by atoms with Crippen molar-refractivity contribution >= 4 is 33.9 Å². The molecule has 0 bridgehead atoms. The highest BCUT2D eigenvalue weighted by Gasteiger charge is 2.33. The van der Waals surface area contributed by atoms with E-state index in [2.05, 4.69) is 11.9 Å². The van der Waals surface area contributed by atoms with E-state index in [4.69, 9.17) is 0 Å².